The molecule has 8 nitrogen and oxygen atoms in total. The molecule has 0 saturated carbocycles. The van der Waals surface area contributed by atoms with Gasteiger partial charge in [0.25, 0.3) is 12.9 Å². The second kappa shape index (κ2) is 46.3. The predicted octanol–water partition coefficient (Wildman–Crippen LogP) is 15.5. The van der Waals surface area contributed by atoms with Crippen molar-refractivity contribution in [1.29, 1.82) is 0 Å². The minimum absolute atomic E-state index is 0.250. The number of hydrogen-bond acceptors (Lipinski definition) is 6. The molecule has 370 valence electrons. The van der Waals surface area contributed by atoms with Gasteiger partial charge in [-0.15, -0.1) is 0 Å². The molecule has 2 fully saturated rings. The minimum atomic E-state index is -0.303. The van der Waals surface area contributed by atoms with E-state index in [-0.39, 0.29) is 24.8 Å². The van der Waals surface area contributed by atoms with Crippen molar-refractivity contribution < 1.29 is 29.3 Å². The highest BCUT2D eigenvalue weighted by Crippen LogP contribution is 2.36. The fourth-order valence-corrected chi connectivity index (χ4v) is 9.92. The van der Waals surface area contributed by atoms with Gasteiger partial charge in [0.1, 0.15) is 0 Å². The average molecular weight is 881 g/mol. The van der Waals surface area contributed by atoms with Gasteiger partial charge in [-0.05, 0) is 38.1 Å². The number of nitrogens with zero attached hydrogens (tertiary/aromatic N) is 2. The van der Waals surface area contributed by atoms with E-state index >= 15 is 0 Å². The van der Waals surface area contributed by atoms with Crippen LogP contribution < -0.4 is 0 Å². The molecule has 2 N–H and O–H groups in total. The Morgan fingerprint density at radius 3 is 1.15 bits per heavy atom. The second-order valence-corrected chi connectivity index (χ2v) is 19.6. The van der Waals surface area contributed by atoms with Crippen molar-refractivity contribution >= 4 is 12.9 Å². The molecule has 2 aliphatic rings. The normalized spacial score (nSPS) is 16.6. The Labute approximate surface area is 386 Å². The van der Waals surface area contributed by atoms with Crippen molar-refractivity contribution in [3.63, 3.8) is 0 Å². The van der Waals surface area contributed by atoms with Gasteiger partial charge in [0, 0.05) is 45.6 Å². The third-order valence-electron chi connectivity index (χ3n) is 14.0. The van der Waals surface area contributed by atoms with Gasteiger partial charge in [-0.1, -0.05) is 233 Å². The molecule has 0 spiro atoms. The Morgan fingerprint density at radius 1 is 0.500 bits per heavy atom. The van der Waals surface area contributed by atoms with Gasteiger partial charge in [-0.3, -0.25) is 9.59 Å². The molecule has 0 bridgehead atoms. The Kier molecular flexibility index (Phi) is 45.4. The van der Waals surface area contributed by atoms with Crippen molar-refractivity contribution in [2.75, 3.05) is 46.4 Å². The first-order valence-electron chi connectivity index (χ1n) is 27.3. The van der Waals surface area contributed by atoms with E-state index in [1.54, 1.807) is 0 Å². The summed E-state index contributed by atoms with van der Waals surface area (Å²) < 4.78 is 13.6. The molecule has 8 heteroatoms. The first kappa shape index (κ1) is 60.8. The standard InChI is InChI=1S/C52H104N2O2.2CH2O2/c1-6-10-26-34-49(35-27-11-7-2)38-30-22-18-14-16-20-24-32-41-52(55-48-51(56-52)40-43-54-46-44-53(5)45-47-54)42-33-25-21-17-15-19-23-31-39-50(36-28-12-8-3)37-29-13-9-4;2*2-1-3/h49-51H,6-48H2,1-5H3;2*1H,(H,2,3). The van der Waals surface area contributed by atoms with E-state index in [0.29, 0.717) is 0 Å². The number of likely N-dealkylation sites (N-methyl/N-ethyl adjacent to an activating group) is 1. The molecule has 2 saturated heterocycles. The monoisotopic (exact) mass is 881 g/mol. The van der Waals surface area contributed by atoms with Gasteiger partial charge in [0.05, 0.1) is 12.7 Å². The van der Waals surface area contributed by atoms with Crippen molar-refractivity contribution in [3.8, 4) is 0 Å². The van der Waals surface area contributed by atoms with E-state index < -0.39 is 0 Å². The molecular weight excluding hydrogens is 773 g/mol. The van der Waals surface area contributed by atoms with Crippen molar-refractivity contribution in [2.45, 2.75) is 277 Å². The zero-order valence-electron chi connectivity index (χ0n) is 42.2. The molecule has 1 unspecified atom stereocenters. The topological polar surface area (TPSA) is 99.5 Å². The predicted molar refractivity (Wildman–Crippen MR) is 265 cm³/mol. The highest BCUT2D eigenvalue weighted by atomic mass is 16.7. The lowest BCUT2D eigenvalue weighted by Gasteiger charge is -2.33. The molecule has 2 heterocycles. The summed E-state index contributed by atoms with van der Waals surface area (Å²) in [5.41, 5.74) is 0. The number of unbranched alkanes of at least 4 members (excludes halogenated alkanes) is 22. The van der Waals surface area contributed by atoms with E-state index in [2.05, 4.69) is 44.5 Å². The third kappa shape index (κ3) is 37.0. The average Bonchev–Trinajstić information content (AvgIpc) is 3.68. The maximum absolute atomic E-state index is 8.36. The summed E-state index contributed by atoms with van der Waals surface area (Å²) in [6.45, 7) is 15.6. The number of hydrogen-bond donors (Lipinski definition) is 2. The number of piperazine rings is 1. The molecule has 0 aromatic heterocycles. The van der Waals surface area contributed by atoms with E-state index in [4.69, 9.17) is 29.3 Å². The minimum Gasteiger partial charge on any atom is -0.483 e. The molecule has 0 aromatic rings. The van der Waals surface area contributed by atoms with Crippen LogP contribution in [0.1, 0.15) is 265 Å². The van der Waals surface area contributed by atoms with Gasteiger partial charge in [0.15, 0.2) is 5.79 Å². The molecule has 1 atom stereocenters. The summed E-state index contributed by atoms with van der Waals surface area (Å²) in [4.78, 5) is 21.8. The van der Waals surface area contributed by atoms with Gasteiger partial charge in [-0.2, -0.15) is 0 Å². The smallest absolute Gasteiger partial charge is 0.290 e. The van der Waals surface area contributed by atoms with E-state index in [9.17, 15) is 0 Å². The van der Waals surface area contributed by atoms with Crippen LogP contribution in [0.3, 0.4) is 0 Å². The molecule has 62 heavy (non-hydrogen) atoms. The quantitative estimate of drug-likeness (QED) is 0.0463. The Bertz CT molecular complexity index is 845. The summed E-state index contributed by atoms with van der Waals surface area (Å²) in [6.07, 6.45) is 52.0. The van der Waals surface area contributed by atoms with Gasteiger partial charge < -0.3 is 29.5 Å². The molecule has 0 aliphatic carbocycles. The maximum atomic E-state index is 8.36. The Balaban J connectivity index is 0.00000584. The molecule has 0 aromatic carbocycles. The number of carboxylic acid groups (broad SMARTS) is 2. The zero-order chi connectivity index (χ0) is 45.6. The van der Waals surface area contributed by atoms with E-state index in [0.717, 1.165) is 44.2 Å². The maximum Gasteiger partial charge on any atom is 0.290 e. The van der Waals surface area contributed by atoms with Crippen molar-refractivity contribution in [2.24, 2.45) is 11.8 Å². The zero-order valence-corrected chi connectivity index (χ0v) is 42.2. The van der Waals surface area contributed by atoms with Crippen LogP contribution >= 0.6 is 0 Å². The van der Waals surface area contributed by atoms with Gasteiger partial charge in [-0.25, -0.2) is 0 Å². The number of rotatable bonds is 41. The van der Waals surface area contributed by atoms with E-state index in [1.807, 2.05) is 0 Å². The van der Waals surface area contributed by atoms with Crippen LogP contribution in [-0.2, 0) is 19.1 Å². The first-order valence-corrected chi connectivity index (χ1v) is 27.3. The molecule has 2 aliphatic heterocycles. The van der Waals surface area contributed by atoms with Crippen LogP contribution in [0, 0.1) is 11.8 Å². The Hall–Kier alpha value is -1.22. The van der Waals surface area contributed by atoms with Gasteiger partial charge in [0.2, 0.25) is 0 Å². The van der Waals surface area contributed by atoms with Crippen LogP contribution in [0.4, 0.5) is 0 Å². The molecule has 2 rings (SSSR count). The van der Waals surface area contributed by atoms with Crippen LogP contribution in [0.2, 0.25) is 0 Å². The largest absolute Gasteiger partial charge is 0.483 e. The highest BCUT2D eigenvalue weighted by molar-refractivity contribution is 5.33. The second-order valence-electron chi connectivity index (χ2n) is 19.6. The van der Waals surface area contributed by atoms with E-state index in [1.165, 1.54) is 244 Å². The first-order chi connectivity index (χ1) is 30.4. The van der Waals surface area contributed by atoms with Crippen LogP contribution in [-0.4, -0.2) is 91.2 Å². The Morgan fingerprint density at radius 2 is 0.806 bits per heavy atom. The van der Waals surface area contributed by atoms with Crippen LogP contribution in [0.25, 0.3) is 0 Å². The summed E-state index contributed by atoms with van der Waals surface area (Å²) >= 11 is 0. The fraction of sp³-hybridized carbons (Fsp3) is 0.963. The van der Waals surface area contributed by atoms with Crippen LogP contribution in [0.5, 0.6) is 0 Å². The number of ether oxygens (including phenoxy) is 2. The summed E-state index contributed by atoms with van der Waals surface area (Å²) in [5, 5.41) is 13.8. The van der Waals surface area contributed by atoms with Crippen LogP contribution in [0.15, 0.2) is 0 Å². The highest BCUT2D eigenvalue weighted by Gasteiger charge is 2.40. The lowest BCUT2D eigenvalue weighted by atomic mass is 9.90. The van der Waals surface area contributed by atoms with Crippen molar-refractivity contribution in [3.05, 3.63) is 0 Å². The van der Waals surface area contributed by atoms with Gasteiger partial charge >= 0.3 is 0 Å². The molecule has 0 radical (unpaired) electrons. The summed E-state index contributed by atoms with van der Waals surface area (Å²) in [7, 11) is 2.25. The molecule has 0 amide bonds. The number of carbonyl (C=O) groups is 2. The summed E-state index contributed by atoms with van der Waals surface area (Å²) in [5.74, 6) is 1.71. The molecular formula is C54H108N2O6. The third-order valence-corrected chi connectivity index (χ3v) is 14.0. The van der Waals surface area contributed by atoms with Crippen molar-refractivity contribution in [1.82, 2.24) is 9.80 Å². The summed E-state index contributed by atoms with van der Waals surface area (Å²) in [6, 6.07) is 0. The SMILES string of the molecule is CCCCCC(CCCCC)CCCCCCCCCCC1(CCCCCCCCCCC(CCCCC)CCCCC)OCC(CCN2CCN(C)CC2)O1.O=CO.O=CO. The lowest BCUT2D eigenvalue weighted by molar-refractivity contribution is -0.180. The lowest BCUT2D eigenvalue weighted by Crippen LogP contribution is -2.45. The fourth-order valence-electron chi connectivity index (χ4n) is 9.92.